The predicted molar refractivity (Wildman–Crippen MR) is 61.8 cm³/mol. The highest BCUT2D eigenvalue weighted by molar-refractivity contribution is 5.83. The fourth-order valence-electron chi connectivity index (χ4n) is 1.59. The van der Waals surface area contributed by atoms with Gasteiger partial charge in [0.15, 0.2) is 0 Å². The van der Waals surface area contributed by atoms with Gasteiger partial charge in [-0.05, 0) is 17.1 Å². The molecule has 2 N–H and O–H groups in total. The molecule has 0 saturated heterocycles. The number of nitrogens with zero attached hydrogens (tertiary/aromatic N) is 2. The monoisotopic (exact) mass is 262 g/mol. The summed E-state index contributed by atoms with van der Waals surface area (Å²) in [5.41, 5.74) is 0.782. The van der Waals surface area contributed by atoms with Gasteiger partial charge in [0.2, 0.25) is 5.89 Å². The molecular weight excluding hydrogens is 252 g/mol. The highest BCUT2D eigenvalue weighted by atomic mass is 16.5. The van der Waals surface area contributed by atoms with Gasteiger partial charge >= 0.3 is 11.9 Å². The van der Waals surface area contributed by atoms with E-state index < -0.39 is 23.7 Å². The van der Waals surface area contributed by atoms with Gasteiger partial charge in [-0.25, -0.2) is 4.79 Å². The molecule has 0 aliphatic heterocycles. The van der Waals surface area contributed by atoms with Crippen molar-refractivity contribution in [2.45, 2.75) is 12.3 Å². The van der Waals surface area contributed by atoms with Gasteiger partial charge in [-0.3, -0.25) is 4.79 Å². The number of carbonyl (C=O) groups is 2. The van der Waals surface area contributed by atoms with E-state index in [9.17, 15) is 9.59 Å². The summed E-state index contributed by atoms with van der Waals surface area (Å²) in [4.78, 5) is 25.4. The second-order valence-corrected chi connectivity index (χ2v) is 3.84. The molecule has 0 radical (unpaired) electrons. The van der Waals surface area contributed by atoms with Crippen LogP contribution in [0.3, 0.4) is 0 Å². The van der Waals surface area contributed by atoms with Crippen LogP contribution in [0.4, 0.5) is 0 Å². The molecule has 98 valence electrons. The molecule has 1 heterocycles. The maximum absolute atomic E-state index is 11.2. The highest BCUT2D eigenvalue weighted by Gasteiger charge is 2.28. The van der Waals surface area contributed by atoms with E-state index >= 15 is 0 Å². The van der Waals surface area contributed by atoms with Crippen molar-refractivity contribution in [1.29, 1.82) is 0 Å². The average Bonchev–Trinajstić information content (AvgIpc) is 2.86. The normalized spacial score (nSPS) is 12.0. The zero-order valence-electron chi connectivity index (χ0n) is 9.68. The Balaban J connectivity index is 2.25. The number of hydrogen-bond donors (Lipinski definition) is 2. The molecule has 7 nitrogen and oxygen atoms in total. The third-order valence-electron chi connectivity index (χ3n) is 2.51. The molecule has 1 aromatic heterocycles. The number of aromatic carboxylic acids is 1. The molecule has 0 amide bonds. The van der Waals surface area contributed by atoms with Gasteiger partial charge in [0.1, 0.15) is 5.92 Å². The van der Waals surface area contributed by atoms with E-state index in [1.54, 1.807) is 24.3 Å². The van der Waals surface area contributed by atoms with Gasteiger partial charge in [-0.2, -0.15) is 4.98 Å². The first-order valence-corrected chi connectivity index (χ1v) is 5.41. The summed E-state index contributed by atoms with van der Waals surface area (Å²) in [6.07, 6.45) is 0.150. The van der Waals surface area contributed by atoms with Gasteiger partial charge in [0, 0.05) is 0 Å². The number of rotatable bonds is 5. The Morgan fingerprint density at radius 1 is 1.21 bits per heavy atom. The summed E-state index contributed by atoms with van der Waals surface area (Å²) < 4.78 is 4.70. The van der Waals surface area contributed by atoms with E-state index in [-0.39, 0.29) is 12.3 Å². The van der Waals surface area contributed by atoms with Crippen LogP contribution < -0.4 is 0 Å². The molecule has 0 spiro atoms. The molecular formula is C12H10N2O5. The minimum atomic E-state index is -1.36. The number of benzene rings is 1. The van der Waals surface area contributed by atoms with Gasteiger partial charge in [-0.1, -0.05) is 30.3 Å². The summed E-state index contributed by atoms with van der Waals surface area (Å²) in [5, 5.41) is 21.0. The number of hydrogen-bond acceptors (Lipinski definition) is 5. The summed E-state index contributed by atoms with van der Waals surface area (Å²) in [7, 11) is 0. The zero-order valence-corrected chi connectivity index (χ0v) is 9.68. The smallest absolute Gasteiger partial charge is 0.377 e. The van der Waals surface area contributed by atoms with E-state index in [1.807, 2.05) is 6.07 Å². The van der Waals surface area contributed by atoms with Gasteiger partial charge in [0.25, 0.3) is 5.82 Å². The van der Waals surface area contributed by atoms with Crippen molar-refractivity contribution in [2.24, 2.45) is 0 Å². The number of carboxylic acids is 2. The molecule has 0 aliphatic carbocycles. The lowest BCUT2D eigenvalue weighted by atomic mass is 9.99. The Labute approximate surface area is 107 Å². The molecule has 2 aromatic rings. The molecule has 1 atom stereocenters. The molecule has 0 fully saturated rings. The maximum Gasteiger partial charge on any atom is 0.377 e. The van der Waals surface area contributed by atoms with Crippen molar-refractivity contribution < 1.29 is 24.3 Å². The lowest BCUT2D eigenvalue weighted by Crippen LogP contribution is -2.15. The van der Waals surface area contributed by atoms with E-state index in [0.29, 0.717) is 0 Å². The molecule has 7 heteroatoms. The van der Waals surface area contributed by atoms with Crippen molar-refractivity contribution in [3.63, 3.8) is 0 Å². The molecule has 1 unspecified atom stereocenters. The molecule has 19 heavy (non-hydrogen) atoms. The van der Waals surface area contributed by atoms with Crippen molar-refractivity contribution >= 4 is 11.9 Å². The van der Waals surface area contributed by atoms with Crippen LogP contribution in [-0.4, -0.2) is 32.3 Å². The Hall–Kier alpha value is -2.70. The first-order chi connectivity index (χ1) is 9.08. The largest absolute Gasteiger partial charge is 0.481 e. The number of carboxylic acid groups (broad SMARTS) is 2. The van der Waals surface area contributed by atoms with Gasteiger partial charge < -0.3 is 14.7 Å². The minimum absolute atomic E-state index is 0.150. The summed E-state index contributed by atoms with van der Waals surface area (Å²) >= 11 is 0. The number of aliphatic carboxylic acids is 1. The van der Waals surface area contributed by atoms with E-state index in [4.69, 9.17) is 14.7 Å². The van der Waals surface area contributed by atoms with Crippen molar-refractivity contribution in [1.82, 2.24) is 10.1 Å². The third kappa shape index (κ3) is 2.95. The van der Waals surface area contributed by atoms with E-state index in [2.05, 4.69) is 10.1 Å². The first-order valence-electron chi connectivity index (χ1n) is 5.41. The van der Waals surface area contributed by atoms with E-state index in [1.165, 1.54) is 0 Å². The van der Waals surface area contributed by atoms with Crippen LogP contribution in [-0.2, 0) is 11.2 Å². The van der Waals surface area contributed by atoms with Crippen LogP contribution in [0.2, 0.25) is 0 Å². The summed E-state index contributed by atoms with van der Waals surface area (Å²) in [6, 6.07) is 8.92. The summed E-state index contributed by atoms with van der Waals surface area (Å²) in [6.45, 7) is 0. The highest BCUT2D eigenvalue weighted by Crippen LogP contribution is 2.19. The van der Waals surface area contributed by atoms with Crippen molar-refractivity contribution in [3.05, 3.63) is 47.6 Å². The SMILES string of the molecule is O=C(O)c1noc(C(Cc2ccccc2)C(=O)O)n1. The lowest BCUT2D eigenvalue weighted by molar-refractivity contribution is -0.139. The Morgan fingerprint density at radius 2 is 1.89 bits per heavy atom. The van der Waals surface area contributed by atoms with Crippen LogP contribution in [0.1, 0.15) is 28.0 Å². The van der Waals surface area contributed by atoms with E-state index in [0.717, 1.165) is 5.56 Å². The maximum atomic E-state index is 11.2. The molecule has 0 aliphatic rings. The predicted octanol–water partition coefficient (Wildman–Crippen LogP) is 1.18. The van der Waals surface area contributed by atoms with Crippen LogP contribution in [0.25, 0.3) is 0 Å². The Bertz CT molecular complexity index is 593. The molecule has 0 saturated carbocycles. The standard InChI is InChI=1S/C12H10N2O5/c15-11(16)8(6-7-4-2-1-3-5-7)10-13-9(12(17)18)14-19-10/h1-5,8H,6H2,(H,15,16)(H,17,18). The van der Waals surface area contributed by atoms with Crippen LogP contribution in [0.5, 0.6) is 0 Å². The van der Waals surface area contributed by atoms with Crippen molar-refractivity contribution in [2.75, 3.05) is 0 Å². The van der Waals surface area contributed by atoms with Crippen molar-refractivity contribution in [3.8, 4) is 0 Å². The fraction of sp³-hybridized carbons (Fsp3) is 0.167. The molecule has 0 bridgehead atoms. The summed E-state index contributed by atoms with van der Waals surface area (Å²) in [5.74, 6) is -4.34. The second kappa shape index (κ2) is 5.30. The van der Waals surface area contributed by atoms with Crippen LogP contribution in [0, 0.1) is 0 Å². The van der Waals surface area contributed by atoms with Gasteiger partial charge in [-0.15, -0.1) is 0 Å². The Kier molecular flexibility index (Phi) is 3.56. The molecule has 1 aromatic carbocycles. The third-order valence-corrected chi connectivity index (χ3v) is 2.51. The lowest BCUT2D eigenvalue weighted by Gasteiger charge is -2.07. The van der Waals surface area contributed by atoms with Crippen LogP contribution in [0.15, 0.2) is 34.9 Å². The topological polar surface area (TPSA) is 114 Å². The molecule has 2 rings (SSSR count). The average molecular weight is 262 g/mol. The minimum Gasteiger partial charge on any atom is -0.481 e. The fourth-order valence-corrected chi connectivity index (χ4v) is 1.59. The van der Waals surface area contributed by atoms with Gasteiger partial charge in [0.05, 0.1) is 0 Å². The second-order valence-electron chi connectivity index (χ2n) is 3.84. The zero-order chi connectivity index (χ0) is 13.8. The first kappa shape index (κ1) is 12.7. The van der Waals surface area contributed by atoms with Crippen LogP contribution >= 0.6 is 0 Å². The Morgan fingerprint density at radius 3 is 2.42 bits per heavy atom. The quantitative estimate of drug-likeness (QED) is 0.831. The number of aromatic nitrogens is 2.